The Morgan fingerprint density at radius 1 is 1.38 bits per heavy atom. The average molecular weight is 258 g/mol. The van der Waals surface area contributed by atoms with E-state index < -0.39 is 10.8 Å². The van der Waals surface area contributed by atoms with Crippen molar-refractivity contribution in [3.63, 3.8) is 0 Å². The monoisotopic (exact) mass is 257 g/mol. The third kappa shape index (κ3) is 1.81. The molecule has 4 unspecified atom stereocenters. The van der Waals surface area contributed by atoms with Gasteiger partial charge < -0.3 is 5.32 Å². The summed E-state index contributed by atoms with van der Waals surface area (Å²) in [5, 5.41) is 4.17. The summed E-state index contributed by atoms with van der Waals surface area (Å²) >= 11 is 6.00. The van der Waals surface area contributed by atoms with Gasteiger partial charge in [0.2, 0.25) is 0 Å². The molecule has 0 aromatic heterocycles. The maximum atomic E-state index is 12.2. The van der Waals surface area contributed by atoms with Crippen LogP contribution in [0, 0.1) is 5.92 Å². The Morgan fingerprint density at radius 3 is 2.69 bits per heavy atom. The fourth-order valence-corrected chi connectivity index (χ4v) is 4.06. The fourth-order valence-electron chi connectivity index (χ4n) is 2.31. The molecule has 2 nitrogen and oxygen atoms in total. The first-order valence-electron chi connectivity index (χ1n) is 5.43. The van der Waals surface area contributed by atoms with Crippen LogP contribution >= 0.6 is 11.6 Å². The molecule has 0 saturated carbocycles. The van der Waals surface area contributed by atoms with Crippen molar-refractivity contribution >= 4 is 22.4 Å². The SMILES string of the molecule is CNC1c2cc(Cl)ccc2S(=O)C(C)C1C. The Morgan fingerprint density at radius 2 is 2.06 bits per heavy atom. The Balaban J connectivity index is 2.58. The van der Waals surface area contributed by atoms with E-state index in [1.54, 1.807) is 0 Å². The molecule has 1 heterocycles. The fraction of sp³-hybridized carbons (Fsp3) is 0.500. The van der Waals surface area contributed by atoms with E-state index in [-0.39, 0.29) is 11.3 Å². The highest BCUT2D eigenvalue weighted by Crippen LogP contribution is 2.38. The predicted octanol–water partition coefficient (Wildman–Crippen LogP) is 2.75. The molecule has 1 aromatic carbocycles. The lowest BCUT2D eigenvalue weighted by Gasteiger charge is -2.35. The summed E-state index contributed by atoms with van der Waals surface area (Å²) in [6, 6.07) is 5.87. The topological polar surface area (TPSA) is 29.1 Å². The number of rotatable bonds is 1. The van der Waals surface area contributed by atoms with Gasteiger partial charge in [-0.2, -0.15) is 0 Å². The second-order valence-corrected chi connectivity index (χ2v) is 6.52. The van der Waals surface area contributed by atoms with E-state index in [9.17, 15) is 4.21 Å². The number of fused-ring (bicyclic) bond motifs is 1. The zero-order chi connectivity index (χ0) is 11.9. The highest BCUT2D eigenvalue weighted by molar-refractivity contribution is 7.85. The van der Waals surface area contributed by atoms with Gasteiger partial charge in [-0.05, 0) is 36.7 Å². The first kappa shape index (κ1) is 12.1. The van der Waals surface area contributed by atoms with Gasteiger partial charge in [0.15, 0.2) is 0 Å². The van der Waals surface area contributed by atoms with Crippen molar-refractivity contribution in [3.05, 3.63) is 28.8 Å². The molecular formula is C12H16ClNOS. The van der Waals surface area contributed by atoms with Gasteiger partial charge in [0.1, 0.15) is 0 Å². The Labute approximate surface area is 104 Å². The molecule has 0 bridgehead atoms. The van der Waals surface area contributed by atoms with Gasteiger partial charge in [-0.15, -0.1) is 0 Å². The standard InChI is InChI=1S/C12H16ClNOS/c1-7-8(2)16(15)11-5-4-9(13)6-10(11)12(7)14-3/h4-8,12,14H,1-3H3. The number of nitrogens with one attached hydrogen (secondary N) is 1. The minimum absolute atomic E-state index is 0.172. The lowest BCUT2D eigenvalue weighted by Crippen LogP contribution is -2.37. The summed E-state index contributed by atoms with van der Waals surface area (Å²) in [5.74, 6) is 0.344. The van der Waals surface area contributed by atoms with Crippen LogP contribution in [0.15, 0.2) is 23.1 Å². The predicted molar refractivity (Wildman–Crippen MR) is 68.3 cm³/mol. The summed E-state index contributed by atoms with van der Waals surface area (Å²) < 4.78 is 12.2. The minimum atomic E-state index is -0.919. The second kappa shape index (κ2) is 4.47. The van der Waals surface area contributed by atoms with Crippen molar-refractivity contribution in [3.8, 4) is 0 Å². The molecule has 1 aliphatic heterocycles. The summed E-state index contributed by atoms with van der Waals surface area (Å²) in [6.45, 7) is 4.18. The Hall–Kier alpha value is -0.380. The highest BCUT2D eigenvalue weighted by Gasteiger charge is 2.35. The third-order valence-corrected chi connectivity index (χ3v) is 5.58. The van der Waals surface area contributed by atoms with E-state index in [4.69, 9.17) is 11.6 Å². The molecule has 0 saturated heterocycles. The maximum absolute atomic E-state index is 12.2. The zero-order valence-corrected chi connectivity index (χ0v) is 11.2. The van der Waals surface area contributed by atoms with Crippen molar-refractivity contribution in [2.75, 3.05) is 7.05 Å². The Kier molecular flexibility index (Phi) is 3.38. The second-order valence-electron chi connectivity index (χ2n) is 4.31. The van der Waals surface area contributed by atoms with Crippen molar-refractivity contribution < 1.29 is 4.21 Å². The molecular weight excluding hydrogens is 242 g/mol. The minimum Gasteiger partial charge on any atom is -0.313 e. The van der Waals surface area contributed by atoms with Gasteiger partial charge in [0, 0.05) is 21.2 Å². The van der Waals surface area contributed by atoms with Crippen LogP contribution in [-0.4, -0.2) is 16.5 Å². The first-order valence-corrected chi connectivity index (χ1v) is 7.02. The van der Waals surface area contributed by atoms with E-state index in [0.29, 0.717) is 10.9 Å². The molecule has 1 N–H and O–H groups in total. The molecule has 16 heavy (non-hydrogen) atoms. The molecule has 1 aromatic rings. The largest absolute Gasteiger partial charge is 0.313 e. The molecule has 1 aliphatic rings. The summed E-state index contributed by atoms with van der Waals surface area (Å²) in [4.78, 5) is 0.925. The molecule has 0 fully saturated rings. The number of hydrogen-bond acceptors (Lipinski definition) is 2. The van der Waals surface area contributed by atoms with E-state index in [0.717, 1.165) is 10.5 Å². The van der Waals surface area contributed by atoms with E-state index in [1.807, 2.05) is 32.2 Å². The molecule has 0 amide bonds. The van der Waals surface area contributed by atoms with Crippen molar-refractivity contribution in [2.45, 2.75) is 30.0 Å². The van der Waals surface area contributed by atoms with Crippen molar-refractivity contribution in [2.24, 2.45) is 5.92 Å². The third-order valence-electron chi connectivity index (χ3n) is 3.44. The van der Waals surface area contributed by atoms with Gasteiger partial charge in [-0.25, -0.2) is 0 Å². The number of halogens is 1. The number of benzene rings is 1. The lowest BCUT2D eigenvalue weighted by atomic mass is 9.91. The van der Waals surface area contributed by atoms with Crippen molar-refractivity contribution in [1.82, 2.24) is 5.32 Å². The van der Waals surface area contributed by atoms with Crippen LogP contribution in [0.1, 0.15) is 25.5 Å². The first-order chi connectivity index (χ1) is 7.56. The van der Waals surface area contributed by atoms with Gasteiger partial charge in [0.25, 0.3) is 0 Å². The molecule has 88 valence electrons. The van der Waals surface area contributed by atoms with Gasteiger partial charge >= 0.3 is 0 Å². The summed E-state index contributed by atoms with van der Waals surface area (Å²) in [5.41, 5.74) is 1.08. The van der Waals surface area contributed by atoms with Crippen LogP contribution < -0.4 is 5.32 Å². The lowest BCUT2D eigenvalue weighted by molar-refractivity contribution is 0.389. The van der Waals surface area contributed by atoms with Crippen LogP contribution in [0.3, 0.4) is 0 Å². The molecule has 0 radical (unpaired) electrons. The highest BCUT2D eigenvalue weighted by atomic mass is 35.5. The van der Waals surface area contributed by atoms with E-state index >= 15 is 0 Å². The number of hydrogen-bond donors (Lipinski definition) is 1. The van der Waals surface area contributed by atoms with Gasteiger partial charge in [0.05, 0.1) is 10.8 Å². The molecule has 2 rings (SSSR count). The van der Waals surface area contributed by atoms with Crippen molar-refractivity contribution in [1.29, 1.82) is 0 Å². The van der Waals surface area contributed by atoms with Gasteiger partial charge in [-0.1, -0.05) is 25.4 Å². The summed E-state index contributed by atoms with van der Waals surface area (Å²) in [7, 11) is 1.02. The molecule has 0 spiro atoms. The van der Waals surface area contributed by atoms with Crippen LogP contribution in [-0.2, 0) is 10.8 Å². The smallest absolute Gasteiger partial charge is 0.0564 e. The van der Waals surface area contributed by atoms with Gasteiger partial charge in [-0.3, -0.25) is 4.21 Å². The van der Waals surface area contributed by atoms with Crippen LogP contribution in [0.4, 0.5) is 0 Å². The maximum Gasteiger partial charge on any atom is 0.0564 e. The molecule has 4 heteroatoms. The summed E-state index contributed by atoms with van der Waals surface area (Å²) in [6.07, 6.45) is 0. The van der Waals surface area contributed by atoms with Crippen LogP contribution in [0.5, 0.6) is 0 Å². The molecule has 0 aliphatic carbocycles. The van der Waals surface area contributed by atoms with Crippen LogP contribution in [0.25, 0.3) is 0 Å². The quantitative estimate of drug-likeness (QED) is 0.838. The molecule has 4 atom stereocenters. The van der Waals surface area contributed by atoms with E-state index in [1.165, 1.54) is 0 Å². The van der Waals surface area contributed by atoms with Crippen LogP contribution in [0.2, 0.25) is 5.02 Å². The van der Waals surface area contributed by atoms with E-state index in [2.05, 4.69) is 12.2 Å². The Bertz CT molecular complexity index is 435. The zero-order valence-electron chi connectivity index (χ0n) is 9.66. The normalized spacial score (nSPS) is 33.5. The average Bonchev–Trinajstić information content (AvgIpc) is 2.27.